The summed E-state index contributed by atoms with van der Waals surface area (Å²) in [6.07, 6.45) is -3.40. The van der Waals surface area contributed by atoms with E-state index < -0.39 is 11.7 Å². The molecule has 0 saturated carbocycles. The van der Waals surface area contributed by atoms with Gasteiger partial charge in [-0.1, -0.05) is 32.9 Å². The summed E-state index contributed by atoms with van der Waals surface area (Å²) >= 11 is 0. The molecule has 0 bridgehead atoms. The van der Waals surface area contributed by atoms with E-state index in [-0.39, 0.29) is 6.04 Å². The number of rotatable bonds is 5. The highest BCUT2D eigenvalue weighted by Crippen LogP contribution is 2.30. The maximum Gasteiger partial charge on any atom is 0.416 e. The van der Waals surface area contributed by atoms with Crippen molar-refractivity contribution >= 4 is 0 Å². The Bertz CT molecular complexity index is 354. The molecule has 0 aliphatic carbocycles. The topological polar surface area (TPSA) is 12.0 Å². The lowest BCUT2D eigenvalue weighted by Gasteiger charge is -2.19. The summed E-state index contributed by atoms with van der Waals surface area (Å²) in [4.78, 5) is 0. The molecule has 0 spiro atoms. The van der Waals surface area contributed by atoms with Gasteiger partial charge in [-0.25, -0.2) is 0 Å². The fourth-order valence-corrected chi connectivity index (χ4v) is 1.78. The third kappa shape index (κ3) is 4.33. The molecule has 0 amide bonds. The van der Waals surface area contributed by atoms with Gasteiger partial charge in [0.25, 0.3) is 0 Å². The van der Waals surface area contributed by atoms with Crippen LogP contribution in [0.3, 0.4) is 0 Å². The predicted octanol–water partition coefficient (Wildman–Crippen LogP) is 4.40. The minimum Gasteiger partial charge on any atom is -0.310 e. The first kappa shape index (κ1) is 15.0. The minimum atomic E-state index is -4.26. The van der Waals surface area contributed by atoms with Gasteiger partial charge in [0.1, 0.15) is 0 Å². The zero-order chi connectivity index (χ0) is 13.8. The van der Waals surface area contributed by atoms with Crippen molar-refractivity contribution in [3.8, 4) is 0 Å². The van der Waals surface area contributed by atoms with Crippen molar-refractivity contribution in [1.29, 1.82) is 0 Å². The fourth-order valence-electron chi connectivity index (χ4n) is 1.78. The highest BCUT2D eigenvalue weighted by molar-refractivity contribution is 5.26. The first-order chi connectivity index (χ1) is 8.34. The van der Waals surface area contributed by atoms with Crippen LogP contribution in [0.15, 0.2) is 24.3 Å². The van der Waals surface area contributed by atoms with Crippen molar-refractivity contribution < 1.29 is 13.2 Å². The Morgan fingerprint density at radius 3 is 2.06 bits per heavy atom. The molecule has 102 valence electrons. The molecule has 0 radical (unpaired) electrons. The summed E-state index contributed by atoms with van der Waals surface area (Å²) in [6.45, 7) is 7.09. The van der Waals surface area contributed by atoms with Gasteiger partial charge in [0.2, 0.25) is 0 Å². The molecule has 1 N–H and O–H groups in total. The van der Waals surface area contributed by atoms with Crippen LogP contribution in [0.5, 0.6) is 0 Å². The van der Waals surface area contributed by atoms with Crippen LogP contribution >= 0.6 is 0 Å². The second kappa shape index (κ2) is 6.23. The van der Waals surface area contributed by atoms with Crippen LogP contribution in [-0.4, -0.2) is 6.54 Å². The molecule has 18 heavy (non-hydrogen) atoms. The van der Waals surface area contributed by atoms with Gasteiger partial charge in [0.15, 0.2) is 0 Å². The molecule has 1 rings (SSSR count). The number of alkyl halides is 3. The number of hydrogen-bond donors (Lipinski definition) is 1. The summed E-state index contributed by atoms with van der Waals surface area (Å²) in [5.74, 6) is 0.522. The van der Waals surface area contributed by atoms with Crippen molar-refractivity contribution in [3.63, 3.8) is 0 Å². The number of nitrogens with one attached hydrogen (secondary N) is 1. The molecule has 0 fully saturated rings. The zero-order valence-corrected chi connectivity index (χ0v) is 11.0. The van der Waals surface area contributed by atoms with E-state index in [0.717, 1.165) is 30.7 Å². The number of benzene rings is 1. The molecule has 0 aromatic heterocycles. The summed E-state index contributed by atoms with van der Waals surface area (Å²) in [5, 5.41) is 3.36. The third-order valence-corrected chi connectivity index (χ3v) is 2.82. The van der Waals surface area contributed by atoms with Crippen LogP contribution in [0.4, 0.5) is 13.2 Å². The largest absolute Gasteiger partial charge is 0.416 e. The first-order valence-corrected chi connectivity index (χ1v) is 6.25. The first-order valence-electron chi connectivity index (χ1n) is 6.25. The van der Waals surface area contributed by atoms with Crippen molar-refractivity contribution in [1.82, 2.24) is 5.32 Å². The van der Waals surface area contributed by atoms with Crippen molar-refractivity contribution in [2.45, 2.75) is 39.4 Å². The van der Waals surface area contributed by atoms with E-state index in [4.69, 9.17) is 0 Å². The van der Waals surface area contributed by atoms with Crippen molar-refractivity contribution in [2.24, 2.45) is 5.92 Å². The van der Waals surface area contributed by atoms with Crippen LogP contribution in [0.25, 0.3) is 0 Å². The molecular formula is C14H20F3N. The molecule has 0 aliphatic rings. The van der Waals surface area contributed by atoms with E-state index >= 15 is 0 Å². The average Bonchev–Trinajstić information content (AvgIpc) is 2.29. The van der Waals surface area contributed by atoms with Crippen LogP contribution in [0, 0.1) is 5.92 Å². The number of halogens is 3. The molecule has 0 aliphatic heterocycles. The summed E-state index contributed by atoms with van der Waals surface area (Å²) in [6, 6.07) is 5.54. The highest BCUT2D eigenvalue weighted by Gasteiger charge is 2.30. The maximum atomic E-state index is 12.4. The van der Waals surface area contributed by atoms with Crippen LogP contribution in [-0.2, 0) is 6.18 Å². The summed E-state index contributed by atoms with van der Waals surface area (Å²) < 4.78 is 37.3. The Morgan fingerprint density at radius 2 is 1.67 bits per heavy atom. The van der Waals surface area contributed by atoms with E-state index in [9.17, 15) is 13.2 Å². The molecular weight excluding hydrogens is 239 g/mol. The Balaban J connectivity index is 2.76. The normalized spacial score (nSPS) is 13.9. The Labute approximate surface area is 106 Å². The Morgan fingerprint density at radius 1 is 1.11 bits per heavy atom. The summed E-state index contributed by atoms with van der Waals surface area (Å²) in [7, 11) is 0. The summed E-state index contributed by atoms with van der Waals surface area (Å²) in [5.41, 5.74) is 0.316. The molecule has 1 unspecified atom stereocenters. The molecule has 1 nitrogen and oxygen atoms in total. The van der Waals surface area contributed by atoms with Crippen molar-refractivity contribution in [2.75, 3.05) is 6.54 Å². The van der Waals surface area contributed by atoms with Crippen LogP contribution < -0.4 is 5.32 Å². The second-order valence-electron chi connectivity index (χ2n) is 4.88. The van der Waals surface area contributed by atoms with Crippen LogP contribution in [0.2, 0.25) is 0 Å². The SMILES string of the molecule is CCC(NCC(C)C)c1ccc(C(F)(F)F)cc1. The standard InChI is InChI=1S/C14H20F3N/c1-4-13(18-9-10(2)3)11-5-7-12(8-6-11)14(15,16)17/h5-8,10,13,18H,4,9H2,1-3H3. The van der Waals surface area contributed by atoms with E-state index in [2.05, 4.69) is 19.2 Å². The van der Waals surface area contributed by atoms with Gasteiger partial charge in [0, 0.05) is 6.04 Å². The lowest BCUT2D eigenvalue weighted by Crippen LogP contribution is -2.25. The van der Waals surface area contributed by atoms with Gasteiger partial charge in [-0.3, -0.25) is 0 Å². The van der Waals surface area contributed by atoms with E-state index in [1.807, 2.05) is 6.92 Å². The van der Waals surface area contributed by atoms with Gasteiger partial charge < -0.3 is 5.32 Å². The van der Waals surface area contributed by atoms with Gasteiger partial charge >= 0.3 is 6.18 Å². The quantitative estimate of drug-likeness (QED) is 0.826. The monoisotopic (exact) mass is 259 g/mol. The Hall–Kier alpha value is -1.03. The molecule has 1 atom stereocenters. The predicted molar refractivity (Wildman–Crippen MR) is 67.3 cm³/mol. The van der Waals surface area contributed by atoms with Crippen LogP contribution in [0.1, 0.15) is 44.4 Å². The Kier molecular flexibility index (Phi) is 5.20. The second-order valence-corrected chi connectivity index (χ2v) is 4.88. The van der Waals surface area contributed by atoms with Gasteiger partial charge in [-0.15, -0.1) is 0 Å². The minimum absolute atomic E-state index is 0.120. The molecule has 0 saturated heterocycles. The molecule has 4 heteroatoms. The van der Waals surface area contributed by atoms with Gasteiger partial charge in [-0.05, 0) is 36.6 Å². The smallest absolute Gasteiger partial charge is 0.310 e. The third-order valence-electron chi connectivity index (χ3n) is 2.82. The zero-order valence-electron chi connectivity index (χ0n) is 11.0. The lowest BCUT2D eigenvalue weighted by molar-refractivity contribution is -0.137. The fraction of sp³-hybridized carbons (Fsp3) is 0.571. The molecule has 1 aromatic rings. The van der Waals surface area contributed by atoms with Gasteiger partial charge in [0.05, 0.1) is 5.56 Å². The number of hydrogen-bond acceptors (Lipinski definition) is 1. The molecule has 1 aromatic carbocycles. The molecule has 0 heterocycles. The average molecular weight is 259 g/mol. The maximum absolute atomic E-state index is 12.4. The van der Waals surface area contributed by atoms with Crippen molar-refractivity contribution in [3.05, 3.63) is 35.4 Å². The van der Waals surface area contributed by atoms with Gasteiger partial charge in [-0.2, -0.15) is 13.2 Å². The van der Waals surface area contributed by atoms with E-state index in [1.54, 1.807) is 12.1 Å². The van der Waals surface area contributed by atoms with E-state index in [0.29, 0.717) is 5.92 Å². The van der Waals surface area contributed by atoms with E-state index in [1.165, 1.54) is 0 Å². The highest BCUT2D eigenvalue weighted by atomic mass is 19.4. The lowest BCUT2D eigenvalue weighted by atomic mass is 10.0.